The minimum Gasteiger partial charge on any atom is -0.327 e. The van der Waals surface area contributed by atoms with E-state index >= 15 is 0 Å². The van der Waals surface area contributed by atoms with Gasteiger partial charge >= 0.3 is 0 Å². The van der Waals surface area contributed by atoms with Gasteiger partial charge in [-0.05, 0) is 37.7 Å². The zero-order valence-corrected chi connectivity index (χ0v) is 13.3. The molecule has 1 aliphatic rings. The van der Waals surface area contributed by atoms with Gasteiger partial charge in [0.1, 0.15) is 0 Å². The molecule has 3 nitrogen and oxygen atoms in total. The van der Waals surface area contributed by atoms with E-state index in [1.807, 2.05) is 0 Å². The summed E-state index contributed by atoms with van der Waals surface area (Å²) in [4.78, 5) is 0. The van der Waals surface area contributed by atoms with E-state index in [1.54, 1.807) is 0 Å². The van der Waals surface area contributed by atoms with Gasteiger partial charge in [0.15, 0.2) is 0 Å². The molecule has 1 saturated carbocycles. The lowest BCUT2D eigenvalue weighted by Gasteiger charge is -2.30. The van der Waals surface area contributed by atoms with E-state index in [9.17, 15) is 0 Å². The summed E-state index contributed by atoms with van der Waals surface area (Å²) in [5.41, 5.74) is 8.93. The van der Waals surface area contributed by atoms with Gasteiger partial charge in [-0.2, -0.15) is 5.10 Å². The highest BCUT2D eigenvalue weighted by Crippen LogP contribution is 2.31. The van der Waals surface area contributed by atoms with Crippen LogP contribution in [-0.2, 0) is 13.0 Å². The van der Waals surface area contributed by atoms with Gasteiger partial charge in [-0.15, -0.1) is 0 Å². The first kappa shape index (κ1) is 14.6. The minimum atomic E-state index is 0.251. The Hall–Kier alpha value is -1.35. The van der Waals surface area contributed by atoms with Crippen LogP contribution in [0.25, 0.3) is 10.9 Å². The maximum absolute atomic E-state index is 6.52. The number of nitrogens with zero attached hydrogens (tertiary/aromatic N) is 2. The van der Waals surface area contributed by atoms with E-state index in [2.05, 4.69) is 42.8 Å². The first-order valence-electron chi connectivity index (χ1n) is 8.39. The van der Waals surface area contributed by atoms with Crippen molar-refractivity contribution < 1.29 is 0 Å². The van der Waals surface area contributed by atoms with Gasteiger partial charge in [0, 0.05) is 24.4 Å². The van der Waals surface area contributed by atoms with E-state index in [1.165, 1.54) is 42.3 Å². The molecule has 3 rings (SSSR count). The summed E-state index contributed by atoms with van der Waals surface area (Å²) in [6.07, 6.45) is 6.15. The number of aryl methyl sites for hydroxylation is 1. The zero-order chi connectivity index (χ0) is 14.8. The highest BCUT2D eigenvalue weighted by molar-refractivity contribution is 5.82. The first-order valence-corrected chi connectivity index (χ1v) is 8.39. The van der Waals surface area contributed by atoms with Crippen LogP contribution < -0.4 is 5.73 Å². The number of hydrogen-bond donors (Lipinski definition) is 1. The molecule has 1 fully saturated rings. The van der Waals surface area contributed by atoms with Crippen molar-refractivity contribution in [3.05, 3.63) is 30.0 Å². The fourth-order valence-corrected chi connectivity index (χ4v) is 3.69. The second-order valence-electron chi connectivity index (χ2n) is 6.67. The van der Waals surface area contributed by atoms with E-state index in [0.29, 0.717) is 5.92 Å². The Morgan fingerprint density at radius 2 is 1.95 bits per heavy atom. The highest BCUT2D eigenvalue weighted by Gasteiger charge is 2.25. The lowest BCUT2D eigenvalue weighted by molar-refractivity contribution is 0.253. The largest absolute Gasteiger partial charge is 0.327 e. The second kappa shape index (κ2) is 6.18. The van der Waals surface area contributed by atoms with Gasteiger partial charge in [0.05, 0.1) is 11.2 Å². The van der Waals surface area contributed by atoms with Gasteiger partial charge in [-0.3, -0.25) is 4.68 Å². The number of para-hydroxylation sites is 1. The number of nitrogens with two attached hydrogens (primary N) is 1. The third kappa shape index (κ3) is 2.98. The predicted octanol–water partition coefficient (Wildman–Crippen LogP) is 3.75. The first-order chi connectivity index (χ1) is 10.2. The van der Waals surface area contributed by atoms with Crippen molar-refractivity contribution in [1.29, 1.82) is 0 Å². The maximum Gasteiger partial charge on any atom is 0.0718 e. The van der Waals surface area contributed by atoms with Crippen molar-refractivity contribution in [3.63, 3.8) is 0 Å². The fraction of sp³-hybridized carbons (Fsp3) is 0.611. The van der Waals surface area contributed by atoms with Crippen molar-refractivity contribution in [1.82, 2.24) is 9.78 Å². The van der Waals surface area contributed by atoms with E-state index in [0.717, 1.165) is 18.9 Å². The van der Waals surface area contributed by atoms with Crippen LogP contribution in [0.4, 0.5) is 0 Å². The maximum atomic E-state index is 6.52. The molecule has 1 aromatic heterocycles. The van der Waals surface area contributed by atoms with Gasteiger partial charge < -0.3 is 5.73 Å². The summed E-state index contributed by atoms with van der Waals surface area (Å²) in [6, 6.07) is 8.77. The molecule has 114 valence electrons. The Morgan fingerprint density at radius 3 is 2.67 bits per heavy atom. The standard InChI is InChI=1S/C18H27N3/c1-3-21-18-7-5-4-6-15(18)17(20-21)12-16(19)14-10-8-13(2)9-11-14/h4-7,13-14,16H,3,8-12,19H2,1-2H3. The van der Waals surface area contributed by atoms with Gasteiger partial charge in [0.2, 0.25) is 0 Å². The highest BCUT2D eigenvalue weighted by atomic mass is 15.3. The molecule has 1 aromatic carbocycles. The average molecular weight is 285 g/mol. The minimum absolute atomic E-state index is 0.251. The van der Waals surface area contributed by atoms with Crippen LogP contribution in [0.5, 0.6) is 0 Å². The third-order valence-corrected chi connectivity index (χ3v) is 5.13. The molecule has 1 unspecified atom stereocenters. The molecular formula is C18H27N3. The van der Waals surface area contributed by atoms with Crippen molar-refractivity contribution in [2.45, 2.75) is 58.5 Å². The normalized spacial score (nSPS) is 24.3. The number of hydrogen-bond acceptors (Lipinski definition) is 2. The van der Waals surface area contributed by atoms with Gasteiger partial charge in [-0.25, -0.2) is 0 Å². The molecule has 0 amide bonds. The van der Waals surface area contributed by atoms with Crippen molar-refractivity contribution in [2.24, 2.45) is 17.6 Å². The van der Waals surface area contributed by atoms with Gasteiger partial charge in [-0.1, -0.05) is 38.0 Å². The van der Waals surface area contributed by atoms with E-state index < -0.39 is 0 Å². The Kier molecular flexibility index (Phi) is 4.29. The van der Waals surface area contributed by atoms with Crippen LogP contribution in [0.2, 0.25) is 0 Å². The van der Waals surface area contributed by atoms with E-state index in [4.69, 9.17) is 10.8 Å². The van der Waals surface area contributed by atoms with Crippen LogP contribution in [0.15, 0.2) is 24.3 Å². The Labute approximate surface area is 127 Å². The molecule has 0 bridgehead atoms. The molecule has 0 spiro atoms. The molecule has 3 heteroatoms. The third-order valence-electron chi connectivity index (χ3n) is 5.13. The predicted molar refractivity (Wildman–Crippen MR) is 88.2 cm³/mol. The Morgan fingerprint density at radius 1 is 1.24 bits per heavy atom. The molecule has 1 heterocycles. The molecule has 21 heavy (non-hydrogen) atoms. The molecule has 2 N–H and O–H groups in total. The summed E-state index contributed by atoms with van der Waals surface area (Å²) < 4.78 is 2.10. The molecule has 1 aliphatic carbocycles. The summed E-state index contributed by atoms with van der Waals surface area (Å²) in [7, 11) is 0. The topological polar surface area (TPSA) is 43.8 Å². The summed E-state index contributed by atoms with van der Waals surface area (Å²) in [6.45, 7) is 5.42. The van der Waals surface area contributed by atoms with E-state index in [-0.39, 0.29) is 6.04 Å². The van der Waals surface area contributed by atoms with Crippen molar-refractivity contribution in [3.8, 4) is 0 Å². The Bertz CT molecular complexity index is 594. The SMILES string of the molecule is CCn1nc(CC(N)C2CCC(C)CC2)c2ccccc21. The molecule has 2 aromatic rings. The van der Waals surface area contributed by atoms with Crippen LogP contribution in [0.3, 0.4) is 0 Å². The Balaban J connectivity index is 1.78. The monoisotopic (exact) mass is 285 g/mol. The molecule has 0 radical (unpaired) electrons. The summed E-state index contributed by atoms with van der Waals surface area (Å²) in [5, 5.41) is 6.07. The number of benzene rings is 1. The summed E-state index contributed by atoms with van der Waals surface area (Å²) in [5.74, 6) is 1.56. The lowest BCUT2D eigenvalue weighted by Crippen LogP contribution is -2.34. The van der Waals surface area contributed by atoms with Crippen LogP contribution >= 0.6 is 0 Å². The van der Waals surface area contributed by atoms with Crippen molar-refractivity contribution in [2.75, 3.05) is 0 Å². The zero-order valence-electron chi connectivity index (χ0n) is 13.3. The van der Waals surface area contributed by atoms with Crippen LogP contribution in [0, 0.1) is 11.8 Å². The lowest BCUT2D eigenvalue weighted by atomic mass is 9.78. The van der Waals surface area contributed by atoms with Gasteiger partial charge in [0.25, 0.3) is 0 Å². The number of fused-ring (bicyclic) bond motifs is 1. The van der Waals surface area contributed by atoms with Crippen LogP contribution in [0.1, 0.15) is 45.2 Å². The smallest absolute Gasteiger partial charge is 0.0718 e. The second-order valence-corrected chi connectivity index (χ2v) is 6.67. The number of aromatic nitrogens is 2. The summed E-state index contributed by atoms with van der Waals surface area (Å²) >= 11 is 0. The number of rotatable bonds is 4. The molecule has 0 saturated heterocycles. The van der Waals surface area contributed by atoms with Crippen molar-refractivity contribution >= 4 is 10.9 Å². The molecule has 0 aliphatic heterocycles. The average Bonchev–Trinajstić information content (AvgIpc) is 2.86. The quantitative estimate of drug-likeness (QED) is 0.929. The fourth-order valence-electron chi connectivity index (χ4n) is 3.69. The molecule has 1 atom stereocenters. The molecular weight excluding hydrogens is 258 g/mol. The van der Waals surface area contributed by atoms with Crippen LogP contribution in [-0.4, -0.2) is 15.8 Å².